The number of carbonyl (C=O) groups excluding carboxylic acids is 1. The number of carbonyl (C=O) groups is 1. The molecule has 0 aromatic carbocycles. The summed E-state index contributed by atoms with van der Waals surface area (Å²) >= 11 is 0. The Bertz CT molecular complexity index is 116. The average molecular weight is 161 g/mol. The van der Waals surface area contributed by atoms with Crippen molar-refractivity contribution in [1.29, 1.82) is 0 Å². The molecule has 0 radical (unpaired) electrons. The molecule has 0 fully saturated rings. The van der Waals surface area contributed by atoms with Crippen LogP contribution in [0, 0.1) is 0 Å². The Labute approximate surface area is 66.3 Å². The summed E-state index contributed by atoms with van der Waals surface area (Å²) in [5.41, 5.74) is 5.17. The number of hydrogen-bond donors (Lipinski definition) is 2. The van der Waals surface area contributed by atoms with Crippen molar-refractivity contribution in [3.8, 4) is 0 Å². The van der Waals surface area contributed by atoms with Gasteiger partial charge in [0.1, 0.15) is 6.04 Å². The van der Waals surface area contributed by atoms with E-state index in [2.05, 4.69) is 0 Å². The van der Waals surface area contributed by atoms with Crippen LogP contribution in [0.15, 0.2) is 0 Å². The molecule has 0 aliphatic heterocycles. The van der Waals surface area contributed by atoms with E-state index in [9.17, 15) is 4.79 Å². The van der Waals surface area contributed by atoms with Crippen LogP contribution in [-0.2, 0) is 9.53 Å². The molecule has 0 aromatic rings. The first-order chi connectivity index (χ1) is 5.22. The Hall–Kier alpha value is -0.610. The molecule has 3 N–H and O–H groups in total. The molecule has 0 saturated heterocycles. The summed E-state index contributed by atoms with van der Waals surface area (Å²) in [6.45, 7) is 2.04. The van der Waals surface area contributed by atoms with Crippen LogP contribution in [0.3, 0.4) is 0 Å². The number of ether oxygens (including phenoxy) is 1. The lowest BCUT2D eigenvalue weighted by molar-refractivity contribution is -0.146. The lowest BCUT2D eigenvalue weighted by Crippen LogP contribution is -2.35. The predicted octanol–water partition coefficient (Wildman–Crippen LogP) is -0.351. The van der Waals surface area contributed by atoms with Crippen LogP contribution in [0.1, 0.15) is 19.8 Å². The van der Waals surface area contributed by atoms with Gasteiger partial charge in [0, 0.05) is 0 Å². The molecular formula is C7H15NO3. The maximum atomic E-state index is 10.7. The number of hydrogen-bond acceptors (Lipinski definition) is 4. The molecule has 0 heterocycles. The van der Waals surface area contributed by atoms with Crippen LogP contribution in [0.4, 0.5) is 0 Å². The fourth-order valence-corrected chi connectivity index (χ4v) is 0.499. The zero-order chi connectivity index (χ0) is 8.69. The zero-order valence-electron chi connectivity index (χ0n) is 6.75. The fraction of sp³-hybridized carbons (Fsp3) is 0.857. The quantitative estimate of drug-likeness (QED) is 0.427. The fourth-order valence-electron chi connectivity index (χ4n) is 0.499. The van der Waals surface area contributed by atoms with Crippen LogP contribution in [0.2, 0.25) is 0 Å². The molecule has 0 aromatic heterocycles. The third-order valence-electron chi connectivity index (χ3n) is 1.24. The number of aliphatic hydroxyl groups excluding tert-OH is 1. The van der Waals surface area contributed by atoms with Gasteiger partial charge in [-0.05, 0) is 6.42 Å². The van der Waals surface area contributed by atoms with Crippen LogP contribution in [0.5, 0.6) is 0 Å². The largest absolute Gasteiger partial charge is 0.464 e. The van der Waals surface area contributed by atoms with Crippen molar-refractivity contribution < 1.29 is 14.6 Å². The molecule has 1 unspecified atom stereocenters. The third kappa shape index (κ3) is 4.75. The van der Waals surface area contributed by atoms with Crippen molar-refractivity contribution in [2.45, 2.75) is 25.8 Å². The molecular weight excluding hydrogens is 146 g/mol. The first kappa shape index (κ1) is 10.4. The number of esters is 1. The second kappa shape index (κ2) is 6.12. The summed E-state index contributed by atoms with van der Waals surface area (Å²) in [5, 5.41) is 8.44. The minimum absolute atomic E-state index is 0.356. The molecule has 1 atom stereocenters. The summed E-state index contributed by atoms with van der Waals surface area (Å²) in [7, 11) is 0. The molecule has 0 amide bonds. The van der Waals surface area contributed by atoms with Gasteiger partial charge in [0.15, 0.2) is 0 Å². The van der Waals surface area contributed by atoms with Crippen molar-refractivity contribution in [3.05, 3.63) is 0 Å². The van der Waals surface area contributed by atoms with Gasteiger partial charge in [-0.15, -0.1) is 0 Å². The van der Waals surface area contributed by atoms with Crippen molar-refractivity contribution in [2.75, 3.05) is 13.2 Å². The van der Waals surface area contributed by atoms with E-state index in [4.69, 9.17) is 15.6 Å². The van der Waals surface area contributed by atoms with Crippen molar-refractivity contribution >= 4 is 5.97 Å². The number of unbranched alkanes of at least 4 members (excludes halogenated alkanes) is 1. The van der Waals surface area contributed by atoms with Gasteiger partial charge in [-0.25, -0.2) is 0 Å². The second-order valence-corrected chi connectivity index (χ2v) is 2.31. The smallest absolute Gasteiger partial charge is 0.325 e. The summed E-state index contributed by atoms with van der Waals surface area (Å²) in [5.74, 6) is -0.527. The normalized spacial score (nSPS) is 12.6. The molecule has 66 valence electrons. The first-order valence-corrected chi connectivity index (χ1v) is 3.75. The lowest BCUT2D eigenvalue weighted by Gasteiger charge is -2.07. The molecule has 0 saturated carbocycles. The molecule has 0 spiro atoms. The Kier molecular flexibility index (Phi) is 5.78. The molecule has 0 aliphatic rings. The highest BCUT2D eigenvalue weighted by Crippen LogP contribution is 1.90. The second-order valence-electron chi connectivity index (χ2n) is 2.31. The molecule has 4 heteroatoms. The summed E-state index contributed by atoms with van der Waals surface area (Å²) < 4.78 is 4.71. The van der Waals surface area contributed by atoms with Gasteiger partial charge in [0.2, 0.25) is 0 Å². The predicted molar refractivity (Wildman–Crippen MR) is 40.9 cm³/mol. The SMILES string of the molecule is CCCCOC(=O)C(N)CO. The van der Waals surface area contributed by atoms with Crippen LogP contribution in [0.25, 0.3) is 0 Å². The Morgan fingerprint density at radius 2 is 2.36 bits per heavy atom. The number of nitrogens with two attached hydrogens (primary N) is 1. The lowest BCUT2D eigenvalue weighted by atomic mass is 10.3. The van der Waals surface area contributed by atoms with Gasteiger partial charge >= 0.3 is 5.97 Å². The number of rotatable bonds is 5. The van der Waals surface area contributed by atoms with E-state index in [0.717, 1.165) is 12.8 Å². The standard InChI is InChI=1S/C7H15NO3/c1-2-3-4-11-7(10)6(8)5-9/h6,9H,2-5,8H2,1H3. The van der Waals surface area contributed by atoms with E-state index in [1.165, 1.54) is 0 Å². The molecule has 0 bridgehead atoms. The van der Waals surface area contributed by atoms with Gasteiger partial charge < -0.3 is 15.6 Å². The van der Waals surface area contributed by atoms with Gasteiger partial charge in [0.05, 0.1) is 13.2 Å². The summed E-state index contributed by atoms with van der Waals surface area (Å²) in [4.78, 5) is 10.7. The topological polar surface area (TPSA) is 72.5 Å². The van der Waals surface area contributed by atoms with Crippen LogP contribution >= 0.6 is 0 Å². The van der Waals surface area contributed by atoms with E-state index < -0.39 is 12.0 Å². The van der Waals surface area contributed by atoms with E-state index in [-0.39, 0.29) is 6.61 Å². The van der Waals surface area contributed by atoms with Crippen molar-refractivity contribution in [3.63, 3.8) is 0 Å². The van der Waals surface area contributed by atoms with Crippen LogP contribution < -0.4 is 5.73 Å². The van der Waals surface area contributed by atoms with Crippen molar-refractivity contribution in [2.24, 2.45) is 5.73 Å². The highest BCUT2D eigenvalue weighted by atomic mass is 16.5. The average Bonchev–Trinajstić information content (AvgIpc) is 2.03. The van der Waals surface area contributed by atoms with Gasteiger partial charge in [0.25, 0.3) is 0 Å². The van der Waals surface area contributed by atoms with E-state index >= 15 is 0 Å². The molecule has 0 aliphatic carbocycles. The third-order valence-corrected chi connectivity index (χ3v) is 1.24. The van der Waals surface area contributed by atoms with Crippen LogP contribution in [-0.4, -0.2) is 30.3 Å². The maximum absolute atomic E-state index is 10.7. The maximum Gasteiger partial charge on any atom is 0.325 e. The highest BCUT2D eigenvalue weighted by Gasteiger charge is 2.12. The summed E-state index contributed by atoms with van der Waals surface area (Å²) in [6.07, 6.45) is 1.81. The van der Waals surface area contributed by atoms with E-state index in [1.807, 2.05) is 6.92 Å². The minimum atomic E-state index is -0.883. The highest BCUT2D eigenvalue weighted by molar-refractivity contribution is 5.75. The van der Waals surface area contributed by atoms with E-state index in [1.54, 1.807) is 0 Å². The zero-order valence-corrected chi connectivity index (χ0v) is 6.75. The Balaban J connectivity index is 3.36. The van der Waals surface area contributed by atoms with Gasteiger partial charge in [-0.3, -0.25) is 4.79 Å². The monoisotopic (exact) mass is 161 g/mol. The first-order valence-electron chi connectivity index (χ1n) is 3.75. The van der Waals surface area contributed by atoms with Gasteiger partial charge in [-0.1, -0.05) is 13.3 Å². The van der Waals surface area contributed by atoms with Gasteiger partial charge in [-0.2, -0.15) is 0 Å². The molecule has 4 nitrogen and oxygen atoms in total. The Morgan fingerprint density at radius 3 is 2.82 bits per heavy atom. The minimum Gasteiger partial charge on any atom is -0.464 e. The van der Waals surface area contributed by atoms with E-state index in [0.29, 0.717) is 6.61 Å². The molecule has 0 rings (SSSR count). The number of aliphatic hydroxyl groups is 1. The Morgan fingerprint density at radius 1 is 1.73 bits per heavy atom. The van der Waals surface area contributed by atoms with Crippen molar-refractivity contribution in [1.82, 2.24) is 0 Å². The summed E-state index contributed by atoms with van der Waals surface area (Å²) in [6, 6.07) is -0.883. The molecule has 11 heavy (non-hydrogen) atoms.